The van der Waals surface area contributed by atoms with Gasteiger partial charge in [0.2, 0.25) is 0 Å². The number of thiocarbonyl (C=S) groups is 1. The second kappa shape index (κ2) is 5.75. The molecular formula is C9H7F5S. The van der Waals surface area contributed by atoms with Crippen molar-refractivity contribution in [3.8, 4) is 0 Å². The van der Waals surface area contributed by atoms with Crippen molar-refractivity contribution < 1.29 is 22.0 Å². The average molecular weight is 242 g/mol. The molecule has 0 unspecified atom stereocenters. The monoisotopic (exact) mass is 242 g/mol. The van der Waals surface area contributed by atoms with Crippen LogP contribution in [0.4, 0.5) is 22.0 Å². The highest BCUT2D eigenvalue weighted by Gasteiger charge is 2.29. The summed E-state index contributed by atoms with van der Waals surface area (Å²) in [6, 6.07) is 5.05. The molecule has 0 bridgehead atoms. The molecule has 0 aliphatic heterocycles. The van der Waals surface area contributed by atoms with Crippen LogP contribution in [-0.4, -0.2) is 5.37 Å². The second-order valence-corrected chi connectivity index (χ2v) is 2.90. The zero-order valence-electron chi connectivity index (χ0n) is 7.61. The van der Waals surface area contributed by atoms with E-state index in [1.165, 1.54) is 12.1 Å². The van der Waals surface area contributed by atoms with Crippen molar-refractivity contribution in [3.63, 3.8) is 0 Å². The number of hydrogen-bond donors (Lipinski definition) is 0. The zero-order valence-corrected chi connectivity index (χ0v) is 8.42. The lowest BCUT2D eigenvalue weighted by Crippen LogP contribution is -2.03. The predicted octanol–water partition coefficient (Wildman–Crippen LogP) is 4.22. The Kier molecular flexibility index (Phi) is 5.35. The highest BCUT2D eigenvalue weighted by molar-refractivity contribution is 7.79. The third-order valence-electron chi connectivity index (χ3n) is 1.38. The van der Waals surface area contributed by atoms with Crippen LogP contribution in [0.2, 0.25) is 0 Å². The van der Waals surface area contributed by atoms with E-state index in [2.05, 4.69) is 12.2 Å². The van der Waals surface area contributed by atoms with Gasteiger partial charge < -0.3 is 0 Å². The van der Waals surface area contributed by atoms with Gasteiger partial charge in [-0.05, 0) is 31.3 Å². The minimum absolute atomic E-state index is 0.594. The van der Waals surface area contributed by atoms with E-state index in [1.807, 2.05) is 0 Å². The summed E-state index contributed by atoms with van der Waals surface area (Å²) in [6.07, 6.45) is -4.21. The summed E-state index contributed by atoms with van der Waals surface area (Å²) < 4.78 is 55.9. The Morgan fingerprint density at radius 1 is 1.07 bits per heavy atom. The average Bonchev–Trinajstić information content (AvgIpc) is 2.01. The zero-order chi connectivity index (χ0) is 12.1. The van der Waals surface area contributed by atoms with Crippen molar-refractivity contribution in [2.45, 2.75) is 13.1 Å². The van der Waals surface area contributed by atoms with Crippen molar-refractivity contribution in [1.82, 2.24) is 0 Å². The van der Waals surface area contributed by atoms with Gasteiger partial charge in [0, 0.05) is 0 Å². The molecule has 0 spiro atoms. The van der Waals surface area contributed by atoms with E-state index in [9.17, 15) is 22.0 Å². The molecule has 84 valence electrons. The lowest BCUT2D eigenvalue weighted by Gasteiger charge is -2.05. The van der Waals surface area contributed by atoms with Crippen LogP contribution in [-0.2, 0) is 6.18 Å². The van der Waals surface area contributed by atoms with Gasteiger partial charge in [-0.2, -0.15) is 22.0 Å². The van der Waals surface area contributed by atoms with E-state index >= 15 is 0 Å². The lowest BCUT2D eigenvalue weighted by molar-refractivity contribution is -0.137. The highest BCUT2D eigenvalue weighted by Crippen LogP contribution is 2.28. The summed E-state index contributed by atoms with van der Waals surface area (Å²) in [5.74, 6) is 0. The summed E-state index contributed by atoms with van der Waals surface area (Å²) in [5.41, 5.74) is 0.237. The predicted molar refractivity (Wildman–Crippen MR) is 51.0 cm³/mol. The molecule has 0 aliphatic rings. The van der Waals surface area contributed by atoms with Crippen LogP contribution in [0.15, 0.2) is 24.3 Å². The van der Waals surface area contributed by atoms with Crippen LogP contribution in [0.5, 0.6) is 0 Å². The van der Waals surface area contributed by atoms with Crippen molar-refractivity contribution in [2.75, 3.05) is 0 Å². The standard InChI is InChI=1S/C8H7F3.CF2S/c1-6-2-4-7(5-3-6)8(9,10)11;2-1(3)4/h2-5H,1H3;. The third-order valence-corrected chi connectivity index (χ3v) is 1.38. The molecule has 0 N–H and O–H groups in total. The van der Waals surface area contributed by atoms with Crippen LogP contribution in [0.1, 0.15) is 11.1 Å². The van der Waals surface area contributed by atoms with Gasteiger partial charge in [0.25, 0.3) is 0 Å². The molecule has 15 heavy (non-hydrogen) atoms. The fourth-order valence-electron chi connectivity index (χ4n) is 0.743. The van der Waals surface area contributed by atoms with Gasteiger partial charge in [-0.3, -0.25) is 0 Å². The Morgan fingerprint density at radius 3 is 1.67 bits per heavy atom. The van der Waals surface area contributed by atoms with Crippen molar-refractivity contribution >= 4 is 17.6 Å². The van der Waals surface area contributed by atoms with Gasteiger partial charge in [0.15, 0.2) is 0 Å². The molecule has 0 radical (unpaired) electrons. The Bertz CT molecular complexity index is 310. The van der Waals surface area contributed by atoms with E-state index in [1.54, 1.807) is 6.92 Å². The summed E-state index contributed by atoms with van der Waals surface area (Å²) >= 11 is 3.20. The van der Waals surface area contributed by atoms with Gasteiger partial charge in [0.1, 0.15) is 0 Å². The molecule has 0 aliphatic carbocycles. The molecule has 6 heteroatoms. The normalized spacial score (nSPS) is 10.3. The number of rotatable bonds is 0. The van der Waals surface area contributed by atoms with Gasteiger partial charge in [-0.1, -0.05) is 17.7 Å². The van der Waals surface area contributed by atoms with Crippen LogP contribution < -0.4 is 0 Å². The highest BCUT2D eigenvalue weighted by atomic mass is 32.1. The maximum absolute atomic E-state index is 11.9. The molecule has 1 aromatic carbocycles. The van der Waals surface area contributed by atoms with E-state index in [0.29, 0.717) is 0 Å². The molecular weight excluding hydrogens is 235 g/mol. The first-order valence-electron chi connectivity index (χ1n) is 3.72. The number of benzene rings is 1. The van der Waals surface area contributed by atoms with Crippen LogP contribution in [0.25, 0.3) is 0 Å². The molecule has 0 saturated heterocycles. The van der Waals surface area contributed by atoms with E-state index in [-0.39, 0.29) is 0 Å². The summed E-state index contributed by atoms with van der Waals surface area (Å²) in [6.45, 7) is 1.75. The smallest absolute Gasteiger partial charge is 0.166 e. The summed E-state index contributed by atoms with van der Waals surface area (Å²) in [7, 11) is 0. The van der Waals surface area contributed by atoms with Crippen molar-refractivity contribution in [1.29, 1.82) is 0 Å². The molecule has 0 aromatic heterocycles. The Morgan fingerprint density at radius 2 is 1.40 bits per heavy atom. The third kappa shape index (κ3) is 6.96. The number of hydrogen-bond acceptors (Lipinski definition) is 1. The van der Waals surface area contributed by atoms with E-state index < -0.39 is 17.1 Å². The Hall–Kier alpha value is -1.04. The quantitative estimate of drug-likeness (QED) is 0.373. The molecule has 0 nitrogen and oxygen atoms in total. The van der Waals surface area contributed by atoms with Crippen LogP contribution in [0.3, 0.4) is 0 Å². The first kappa shape index (κ1) is 14.0. The number of aryl methyl sites for hydroxylation is 1. The van der Waals surface area contributed by atoms with Crippen LogP contribution in [0, 0.1) is 6.92 Å². The summed E-state index contributed by atoms with van der Waals surface area (Å²) in [5, 5.41) is -2.00. The fraction of sp³-hybridized carbons (Fsp3) is 0.222. The topological polar surface area (TPSA) is 0 Å². The summed E-state index contributed by atoms with van der Waals surface area (Å²) in [4.78, 5) is 0. The molecule has 0 fully saturated rings. The van der Waals surface area contributed by atoms with Crippen molar-refractivity contribution in [2.24, 2.45) is 0 Å². The minimum Gasteiger partial charge on any atom is -0.166 e. The maximum atomic E-state index is 11.9. The second-order valence-electron chi connectivity index (χ2n) is 2.59. The van der Waals surface area contributed by atoms with Gasteiger partial charge in [-0.15, -0.1) is 0 Å². The number of halogens is 5. The Balaban J connectivity index is 0.000000423. The Labute approximate surface area is 88.7 Å². The fourth-order valence-corrected chi connectivity index (χ4v) is 0.743. The van der Waals surface area contributed by atoms with E-state index in [0.717, 1.165) is 17.7 Å². The van der Waals surface area contributed by atoms with Gasteiger partial charge in [0.05, 0.1) is 5.56 Å². The largest absolute Gasteiger partial charge is 0.416 e. The molecule has 0 heterocycles. The molecule has 0 saturated carbocycles. The first-order valence-corrected chi connectivity index (χ1v) is 4.13. The lowest BCUT2D eigenvalue weighted by atomic mass is 10.1. The SMILES string of the molecule is Cc1ccc(C(F)(F)F)cc1.FC(F)=S. The molecule has 0 amide bonds. The van der Waals surface area contributed by atoms with Crippen LogP contribution >= 0.6 is 12.2 Å². The molecule has 1 aromatic rings. The van der Waals surface area contributed by atoms with Crippen molar-refractivity contribution in [3.05, 3.63) is 35.4 Å². The maximum Gasteiger partial charge on any atom is 0.416 e. The molecule has 0 atom stereocenters. The first-order chi connectivity index (χ1) is 6.73. The number of alkyl halides is 3. The van der Waals surface area contributed by atoms with E-state index in [4.69, 9.17) is 0 Å². The van der Waals surface area contributed by atoms with Gasteiger partial charge in [-0.25, -0.2) is 0 Å². The van der Waals surface area contributed by atoms with Gasteiger partial charge >= 0.3 is 11.5 Å². The molecule has 1 rings (SSSR count). The minimum atomic E-state index is -4.21.